The molecule has 22 heavy (non-hydrogen) atoms. The first-order valence-electron chi connectivity index (χ1n) is 6.92. The zero-order valence-corrected chi connectivity index (χ0v) is 13.0. The molecule has 0 fully saturated rings. The molecule has 0 unspecified atom stereocenters. The Balaban J connectivity index is 2.28. The van der Waals surface area contributed by atoms with Gasteiger partial charge >= 0.3 is 6.09 Å². The first-order valence-corrected chi connectivity index (χ1v) is 6.92. The number of phenols is 2. The topological polar surface area (TPSA) is 108 Å². The highest BCUT2D eigenvalue weighted by Crippen LogP contribution is 2.22. The molecule has 0 aliphatic carbocycles. The minimum atomic E-state index is -0.581. The van der Waals surface area contributed by atoms with Crippen molar-refractivity contribution in [3.63, 3.8) is 0 Å². The number of carbonyl (C=O) groups excluding carboxylic acids is 2. The number of hydrogen-bond acceptors (Lipinski definition) is 5. The second-order valence-corrected chi connectivity index (χ2v) is 5.77. The van der Waals surface area contributed by atoms with E-state index in [2.05, 4.69) is 10.6 Å². The average molecular weight is 310 g/mol. The third-order valence-electron chi connectivity index (χ3n) is 2.57. The van der Waals surface area contributed by atoms with E-state index in [0.29, 0.717) is 5.56 Å². The van der Waals surface area contributed by atoms with Crippen LogP contribution in [0.5, 0.6) is 11.5 Å². The van der Waals surface area contributed by atoms with Crippen molar-refractivity contribution in [3.8, 4) is 11.5 Å². The van der Waals surface area contributed by atoms with Gasteiger partial charge in [-0.25, -0.2) is 4.79 Å². The molecule has 4 N–H and O–H groups in total. The molecule has 0 aromatic heterocycles. The molecule has 0 spiro atoms. The van der Waals surface area contributed by atoms with Crippen LogP contribution in [0, 0.1) is 0 Å². The maximum atomic E-state index is 11.6. The molecule has 0 heterocycles. The Labute approximate surface area is 129 Å². The van der Waals surface area contributed by atoms with Crippen molar-refractivity contribution in [2.75, 3.05) is 6.54 Å². The SMILES string of the molecule is CC(C)(C)OC(=O)NCCC(=O)NCc1ccc(O)cc1O. The Kier molecular flexibility index (Phi) is 6.03. The second-order valence-electron chi connectivity index (χ2n) is 5.77. The van der Waals surface area contributed by atoms with Crippen LogP contribution >= 0.6 is 0 Å². The molecule has 0 aliphatic rings. The van der Waals surface area contributed by atoms with Gasteiger partial charge in [-0.05, 0) is 32.9 Å². The fourth-order valence-electron chi connectivity index (χ4n) is 1.58. The Morgan fingerprint density at radius 1 is 1.18 bits per heavy atom. The third kappa shape index (κ3) is 6.83. The largest absolute Gasteiger partial charge is 0.508 e. The monoisotopic (exact) mass is 310 g/mol. The van der Waals surface area contributed by atoms with Gasteiger partial charge in [0.1, 0.15) is 17.1 Å². The summed E-state index contributed by atoms with van der Waals surface area (Å²) in [5.41, 5.74) is -0.0887. The number of phenolic OH excluding ortho intramolecular Hbond substituents is 2. The Morgan fingerprint density at radius 3 is 2.45 bits per heavy atom. The highest BCUT2D eigenvalue weighted by atomic mass is 16.6. The van der Waals surface area contributed by atoms with Crippen molar-refractivity contribution >= 4 is 12.0 Å². The lowest BCUT2D eigenvalue weighted by molar-refractivity contribution is -0.121. The molecule has 7 nitrogen and oxygen atoms in total. The zero-order chi connectivity index (χ0) is 16.8. The van der Waals surface area contributed by atoms with Gasteiger partial charge in [0.2, 0.25) is 5.91 Å². The number of rotatable bonds is 5. The second kappa shape index (κ2) is 7.53. The van der Waals surface area contributed by atoms with E-state index in [1.54, 1.807) is 20.8 Å². The van der Waals surface area contributed by atoms with Crippen LogP contribution in [-0.4, -0.2) is 34.4 Å². The van der Waals surface area contributed by atoms with E-state index in [9.17, 15) is 14.7 Å². The molecule has 0 atom stereocenters. The van der Waals surface area contributed by atoms with Crippen molar-refractivity contribution in [2.45, 2.75) is 39.3 Å². The molecule has 0 aliphatic heterocycles. The van der Waals surface area contributed by atoms with Crippen LogP contribution in [-0.2, 0) is 16.1 Å². The number of benzene rings is 1. The van der Waals surface area contributed by atoms with Gasteiger partial charge < -0.3 is 25.6 Å². The fourth-order valence-corrected chi connectivity index (χ4v) is 1.58. The first-order chi connectivity index (χ1) is 10.2. The van der Waals surface area contributed by atoms with Crippen LogP contribution < -0.4 is 10.6 Å². The van der Waals surface area contributed by atoms with Crippen LogP contribution in [0.15, 0.2) is 18.2 Å². The van der Waals surface area contributed by atoms with Gasteiger partial charge in [-0.2, -0.15) is 0 Å². The molecule has 7 heteroatoms. The number of amides is 2. The van der Waals surface area contributed by atoms with Crippen LogP contribution in [0.4, 0.5) is 4.79 Å². The summed E-state index contributed by atoms with van der Waals surface area (Å²) < 4.78 is 5.04. The summed E-state index contributed by atoms with van der Waals surface area (Å²) in [5.74, 6) is -0.412. The summed E-state index contributed by atoms with van der Waals surface area (Å²) in [4.78, 5) is 23.0. The molecule has 0 radical (unpaired) electrons. The maximum absolute atomic E-state index is 11.6. The number of carbonyl (C=O) groups is 2. The van der Waals surface area contributed by atoms with Crippen molar-refractivity contribution in [3.05, 3.63) is 23.8 Å². The quantitative estimate of drug-likeness (QED) is 0.661. The van der Waals surface area contributed by atoms with Crippen molar-refractivity contribution in [1.29, 1.82) is 0 Å². The average Bonchev–Trinajstić information content (AvgIpc) is 2.35. The Hall–Kier alpha value is -2.44. The van der Waals surface area contributed by atoms with Gasteiger partial charge in [0.05, 0.1) is 0 Å². The minimum Gasteiger partial charge on any atom is -0.508 e. The van der Waals surface area contributed by atoms with E-state index in [4.69, 9.17) is 9.84 Å². The van der Waals surface area contributed by atoms with Crippen molar-refractivity contribution in [1.82, 2.24) is 10.6 Å². The molecule has 0 saturated carbocycles. The molecule has 1 aromatic carbocycles. The summed E-state index contributed by atoms with van der Waals surface area (Å²) in [6, 6.07) is 4.14. The van der Waals surface area contributed by atoms with Crippen molar-refractivity contribution < 1.29 is 24.5 Å². The van der Waals surface area contributed by atoms with E-state index in [1.165, 1.54) is 18.2 Å². The summed E-state index contributed by atoms with van der Waals surface area (Å²) in [6.45, 7) is 5.55. The standard InChI is InChI=1S/C15H22N2O5/c1-15(2,3)22-14(21)16-7-6-13(20)17-9-10-4-5-11(18)8-12(10)19/h4-5,8,18-19H,6-7,9H2,1-3H3,(H,16,21)(H,17,20). The minimum absolute atomic E-state index is 0.0471. The van der Waals surface area contributed by atoms with Gasteiger partial charge in [0.15, 0.2) is 0 Å². The number of ether oxygens (including phenoxy) is 1. The van der Waals surface area contributed by atoms with Gasteiger partial charge in [0.25, 0.3) is 0 Å². The first kappa shape index (κ1) is 17.6. The predicted molar refractivity (Wildman–Crippen MR) is 80.5 cm³/mol. The number of nitrogens with one attached hydrogen (secondary N) is 2. The lowest BCUT2D eigenvalue weighted by Crippen LogP contribution is -2.35. The van der Waals surface area contributed by atoms with Crippen LogP contribution in [0.25, 0.3) is 0 Å². The van der Waals surface area contributed by atoms with Crippen LogP contribution in [0.3, 0.4) is 0 Å². The van der Waals surface area contributed by atoms with Gasteiger partial charge in [-0.1, -0.05) is 0 Å². The fraction of sp³-hybridized carbons (Fsp3) is 0.467. The highest BCUT2D eigenvalue weighted by molar-refractivity contribution is 5.77. The van der Waals surface area contributed by atoms with Gasteiger partial charge in [-0.3, -0.25) is 4.79 Å². The molecule has 122 valence electrons. The van der Waals surface area contributed by atoms with E-state index in [0.717, 1.165) is 0 Å². The number of alkyl carbamates (subject to hydrolysis) is 1. The molecule has 0 saturated heterocycles. The van der Waals surface area contributed by atoms with E-state index < -0.39 is 11.7 Å². The summed E-state index contributed by atoms with van der Waals surface area (Å²) in [7, 11) is 0. The molecular formula is C15H22N2O5. The summed E-state index contributed by atoms with van der Waals surface area (Å²) in [5, 5.41) is 23.8. The lowest BCUT2D eigenvalue weighted by atomic mass is 10.2. The van der Waals surface area contributed by atoms with Crippen LogP contribution in [0.1, 0.15) is 32.8 Å². The van der Waals surface area contributed by atoms with E-state index >= 15 is 0 Å². The van der Waals surface area contributed by atoms with Crippen LogP contribution in [0.2, 0.25) is 0 Å². The van der Waals surface area contributed by atoms with E-state index in [-0.39, 0.29) is 36.9 Å². The molecule has 1 rings (SSSR count). The molecule has 0 bridgehead atoms. The number of aromatic hydroxyl groups is 2. The van der Waals surface area contributed by atoms with Gasteiger partial charge in [-0.15, -0.1) is 0 Å². The third-order valence-corrected chi connectivity index (χ3v) is 2.57. The lowest BCUT2D eigenvalue weighted by Gasteiger charge is -2.19. The number of hydrogen-bond donors (Lipinski definition) is 4. The molecular weight excluding hydrogens is 288 g/mol. The molecule has 2 amide bonds. The molecule has 1 aromatic rings. The Morgan fingerprint density at radius 2 is 1.86 bits per heavy atom. The highest BCUT2D eigenvalue weighted by Gasteiger charge is 2.15. The Bertz CT molecular complexity index is 537. The maximum Gasteiger partial charge on any atom is 0.407 e. The normalized spacial score (nSPS) is 10.9. The zero-order valence-electron chi connectivity index (χ0n) is 13.0. The van der Waals surface area contributed by atoms with Gasteiger partial charge in [0, 0.05) is 31.1 Å². The van der Waals surface area contributed by atoms with Crippen molar-refractivity contribution in [2.24, 2.45) is 0 Å². The summed E-state index contributed by atoms with van der Waals surface area (Å²) in [6.07, 6.45) is -0.477. The van der Waals surface area contributed by atoms with E-state index in [1.807, 2.05) is 0 Å². The predicted octanol–water partition coefficient (Wildman–Crippen LogP) is 1.63. The summed E-state index contributed by atoms with van der Waals surface area (Å²) >= 11 is 0. The smallest absolute Gasteiger partial charge is 0.407 e.